The van der Waals surface area contributed by atoms with Crippen LogP contribution in [-0.2, 0) is 9.53 Å². The zero-order valence-corrected chi connectivity index (χ0v) is 13.7. The summed E-state index contributed by atoms with van der Waals surface area (Å²) in [5, 5.41) is 0. The zero-order chi connectivity index (χ0) is 16.0. The fourth-order valence-corrected chi connectivity index (χ4v) is 1.94. The Bertz CT molecular complexity index is 634. The van der Waals surface area contributed by atoms with E-state index >= 15 is 0 Å². The van der Waals surface area contributed by atoms with Crippen molar-refractivity contribution in [3.63, 3.8) is 0 Å². The third kappa shape index (κ3) is 5.06. The molecular formula is C17H13Cl3O2. The molecule has 1 atom stereocenters. The van der Waals surface area contributed by atoms with Gasteiger partial charge < -0.3 is 4.74 Å². The molecule has 0 bridgehead atoms. The van der Waals surface area contributed by atoms with Crippen molar-refractivity contribution in [1.82, 2.24) is 0 Å². The van der Waals surface area contributed by atoms with E-state index in [-0.39, 0.29) is 0 Å². The van der Waals surface area contributed by atoms with Crippen LogP contribution < -0.4 is 0 Å². The quantitative estimate of drug-likeness (QED) is 0.545. The van der Waals surface area contributed by atoms with Crippen molar-refractivity contribution in [2.45, 2.75) is 9.90 Å². The maximum Gasteiger partial charge on any atom is 0.359 e. The molecule has 1 unspecified atom stereocenters. The molecule has 5 heteroatoms. The molecule has 2 rings (SSSR count). The zero-order valence-electron chi connectivity index (χ0n) is 11.5. The van der Waals surface area contributed by atoms with Crippen LogP contribution in [0.25, 0.3) is 6.08 Å². The lowest BCUT2D eigenvalue weighted by molar-refractivity contribution is -0.146. The molecule has 0 N–H and O–H groups in total. The molecule has 0 spiro atoms. The Morgan fingerprint density at radius 1 is 0.955 bits per heavy atom. The second-order valence-electron chi connectivity index (χ2n) is 4.50. The highest BCUT2D eigenvalue weighted by molar-refractivity contribution is 6.75. The minimum Gasteiger partial charge on any atom is -0.450 e. The molecule has 2 aromatic carbocycles. The van der Waals surface area contributed by atoms with E-state index in [0.717, 1.165) is 11.1 Å². The number of carbonyl (C=O) groups excluding carboxylic acids is 1. The summed E-state index contributed by atoms with van der Waals surface area (Å²) >= 11 is 16.7. The SMILES string of the molecule is O=C(OC(/C=C/c1ccccc1)c1ccccc1)C(Cl)(Cl)Cl. The number of hydrogen-bond acceptors (Lipinski definition) is 2. The third-order valence-corrected chi connectivity index (χ3v) is 3.32. The van der Waals surface area contributed by atoms with Gasteiger partial charge in [-0.05, 0) is 17.2 Å². The normalized spacial score (nSPS) is 13.0. The maximum absolute atomic E-state index is 11.8. The van der Waals surface area contributed by atoms with Crippen LogP contribution in [0.2, 0.25) is 0 Å². The van der Waals surface area contributed by atoms with Crippen molar-refractivity contribution in [2.24, 2.45) is 0 Å². The van der Waals surface area contributed by atoms with Gasteiger partial charge in [-0.2, -0.15) is 0 Å². The van der Waals surface area contributed by atoms with E-state index < -0.39 is 15.9 Å². The molecule has 0 fully saturated rings. The van der Waals surface area contributed by atoms with Gasteiger partial charge in [-0.3, -0.25) is 0 Å². The molecule has 0 amide bonds. The van der Waals surface area contributed by atoms with Crippen LogP contribution in [0.4, 0.5) is 0 Å². The molecule has 22 heavy (non-hydrogen) atoms. The summed E-state index contributed by atoms with van der Waals surface area (Å²) in [6.45, 7) is 0. The van der Waals surface area contributed by atoms with Gasteiger partial charge in [0.15, 0.2) is 0 Å². The van der Waals surface area contributed by atoms with Crippen LogP contribution in [0, 0.1) is 0 Å². The minimum absolute atomic E-state index is 0.635. The smallest absolute Gasteiger partial charge is 0.359 e. The van der Waals surface area contributed by atoms with Crippen molar-refractivity contribution >= 4 is 46.8 Å². The summed E-state index contributed by atoms with van der Waals surface area (Å²) in [5.41, 5.74) is 1.77. The first-order valence-corrected chi connectivity index (χ1v) is 7.66. The summed E-state index contributed by atoms with van der Waals surface area (Å²) in [6, 6.07) is 18.9. The van der Waals surface area contributed by atoms with Gasteiger partial charge >= 0.3 is 5.97 Å². The summed E-state index contributed by atoms with van der Waals surface area (Å²) in [5.74, 6) is -0.913. The molecule has 2 aromatic rings. The minimum atomic E-state index is -2.10. The summed E-state index contributed by atoms with van der Waals surface area (Å²) in [6.07, 6.45) is 2.96. The number of benzene rings is 2. The average Bonchev–Trinajstić information content (AvgIpc) is 2.52. The fraction of sp³-hybridized carbons (Fsp3) is 0.118. The Kier molecular flexibility index (Phi) is 5.90. The van der Waals surface area contributed by atoms with Gasteiger partial charge in [0.1, 0.15) is 6.10 Å². The number of ether oxygens (including phenoxy) is 1. The first-order valence-electron chi connectivity index (χ1n) is 6.53. The van der Waals surface area contributed by atoms with Gasteiger partial charge in [0.25, 0.3) is 3.79 Å². The fourth-order valence-electron chi connectivity index (χ4n) is 1.81. The molecule has 0 saturated heterocycles. The van der Waals surface area contributed by atoms with Gasteiger partial charge in [0, 0.05) is 0 Å². The Morgan fingerprint density at radius 2 is 1.50 bits per heavy atom. The molecule has 0 saturated carbocycles. The Hall–Kier alpha value is -1.48. The number of alkyl halides is 3. The van der Waals surface area contributed by atoms with Crippen molar-refractivity contribution < 1.29 is 9.53 Å². The number of rotatable bonds is 4. The molecule has 0 radical (unpaired) electrons. The summed E-state index contributed by atoms with van der Waals surface area (Å²) in [4.78, 5) is 11.8. The van der Waals surface area contributed by atoms with Gasteiger partial charge in [0.05, 0.1) is 0 Å². The topological polar surface area (TPSA) is 26.3 Å². The average molecular weight is 356 g/mol. The van der Waals surface area contributed by atoms with Crippen molar-refractivity contribution in [2.75, 3.05) is 0 Å². The van der Waals surface area contributed by atoms with Crippen LogP contribution in [0.3, 0.4) is 0 Å². The number of carbonyl (C=O) groups is 1. The van der Waals surface area contributed by atoms with Gasteiger partial charge in [-0.25, -0.2) is 4.79 Å². The molecule has 0 heterocycles. The molecule has 0 aliphatic heterocycles. The van der Waals surface area contributed by atoms with Crippen molar-refractivity contribution in [3.8, 4) is 0 Å². The monoisotopic (exact) mass is 354 g/mol. The molecular weight excluding hydrogens is 343 g/mol. The van der Waals surface area contributed by atoms with E-state index in [0.29, 0.717) is 0 Å². The third-order valence-electron chi connectivity index (χ3n) is 2.86. The van der Waals surface area contributed by atoms with Crippen molar-refractivity contribution in [1.29, 1.82) is 0 Å². The highest BCUT2D eigenvalue weighted by atomic mass is 35.6. The van der Waals surface area contributed by atoms with Gasteiger partial charge in [-0.15, -0.1) is 0 Å². The van der Waals surface area contributed by atoms with Crippen LogP contribution in [0.5, 0.6) is 0 Å². The lowest BCUT2D eigenvalue weighted by Gasteiger charge is -2.18. The van der Waals surface area contributed by atoms with E-state index in [4.69, 9.17) is 39.5 Å². The molecule has 0 aliphatic carbocycles. The first kappa shape index (κ1) is 16.9. The van der Waals surface area contributed by atoms with Gasteiger partial charge in [-0.1, -0.05) is 102 Å². The van der Waals surface area contributed by atoms with Crippen LogP contribution in [-0.4, -0.2) is 9.76 Å². The lowest BCUT2D eigenvalue weighted by atomic mass is 10.1. The lowest BCUT2D eigenvalue weighted by Crippen LogP contribution is -2.23. The Labute approximate surface area is 144 Å². The number of hydrogen-bond donors (Lipinski definition) is 0. The van der Waals surface area contributed by atoms with Gasteiger partial charge in [0.2, 0.25) is 0 Å². The van der Waals surface area contributed by atoms with Crippen molar-refractivity contribution in [3.05, 3.63) is 77.9 Å². The number of halogens is 3. The standard InChI is InChI=1S/C17H13Cl3O2/c18-17(19,20)16(21)22-15(14-9-5-2-6-10-14)12-11-13-7-3-1-4-8-13/h1-12,15H/b12-11+. The molecule has 114 valence electrons. The second-order valence-corrected chi connectivity index (χ2v) is 6.79. The van der Waals surface area contributed by atoms with E-state index in [9.17, 15) is 4.79 Å². The Morgan fingerprint density at radius 3 is 2.05 bits per heavy atom. The highest BCUT2D eigenvalue weighted by Gasteiger charge is 2.34. The highest BCUT2D eigenvalue weighted by Crippen LogP contribution is 2.31. The molecule has 0 aliphatic rings. The number of esters is 1. The Balaban J connectivity index is 2.23. The predicted molar refractivity (Wildman–Crippen MR) is 91.0 cm³/mol. The van der Waals surface area contributed by atoms with Crippen LogP contribution in [0.15, 0.2) is 66.7 Å². The van der Waals surface area contributed by atoms with Crippen LogP contribution in [0.1, 0.15) is 17.2 Å². The molecule has 0 aromatic heterocycles. The summed E-state index contributed by atoms with van der Waals surface area (Å²) in [7, 11) is 0. The largest absolute Gasteiger partial charge is 0.450 e. The van der Waals surface area contributed by atoms with E-state index in [1.165, 1.54) is 0 Å². The van der Waals surface area contributed by atoms with E-state index in [2.05, 4.69) is 0 Å². The maximum atomic E-state index is 11.8. The molecule has 2 nitrogen and oxygen atoms in total. The first-order chi connectivity index (χ1) is 10.5. The summed E-state index contributed by atoms with van der Waals surface area (Å²) < 4.78 is 3.20. The predicted octanol–water partition coefficient (Wildman–Crippen LogP) is 5.35. The second kappa shape index (κ2) is 7.68. The van der Waals surface area contributed by atoms with E-state index in [1.54, 1.807) is 6.08 Å². The van der Waals surface area contributed by atoms with Crippen LogP contribution >= 0.6 is 34.8 Å². The van der Waals surface area contributed by atoms with E-state index in [1.807, 2.05) is 66.7 Å².